The van der Waals surface area contributed by atoms with Crippen LogP contribution in [0.15, 0.2) is 41.3 Å². The highest BCUT2D eigenvalue weighted by Gasteiger charge is 2.59. The van der Waals surface area contributed by atoms with Crippen LogP contribution in [-0.2, 0) is 19.3 Å². The van der Waals surface area contributed by atoms with Crippen molar-refractivity contribution in [3.8, 4) is 5.75 Å². The van der Waals surface area contributed by atoms with Crippen LogP contribution in [0, 0.1) is 11.6 Å². The maximum atomic E-state index is 14.8. The third-order valence-electron chi connectivity index (χ3n) is 5.00. The minimum Gasteiger partial charge on any atom is -0.487 e. The van der Waals surface area contributed by atoms with Gasteiger partial charge in [-0.15, -0.1) is 0 Å². The fourth-order valence-electron chi connectivity index (χ4n) is 3.82. The highest BCUT2D eigenvalue weighted by Crippen LogP contribution is 2.52. The third kappa shape index (κ3) is 2.37. The molecule has 26 heavy (non-hydrogen) atoms. The molecule has 4 nitrogen and oxygen atoms in total. The number of hydrogen-bond acceptors (Lipinski definition) is 4. The summed E-state index contributed by atoms with van der Waals surface area (Å²) in [5, 5.41) is 0.377. The van der Waals surface area contributed by atoms with Crippen LogP contribution in [0.1, 0.15) is 18.4 Å². The van der Waals surface area contributed by atoms with Gasteiger partial charge in [0.1, 0.15) is 23.3 Å². The first-order chi connectivity index (χ1) is 12.4. The lowest BCUT2D eigenvalue weighted by atomic mass is 9.83. The van der Waals surface area contributed by atoms with Crippen molar-refractivity contribution in [1.82, 2.24) is 0 Å². The number of halogens is 3. The molecule has 0 radical (unpaired) electrons. The van der Waals surface area contributed by atoms with Crippen molar-refractivity contribution in [2.75, 3.05) is 13.2 Å². The Morgan fingerprint density at radius 1 is 1.08 bits per heavy atom. The van der Waals surface area contributed by atoms with Crippen LogP contribution in [0.25, 0.3) is 0 Å². The van der Waals surface area contributed by atoms with Gasteiger partial charge in [-0.25, -0.2) is 17.2 Å². The van der Waals surface area contributed by atoms with Crippen molar-refractivity contribution in [2.24, 2.45) is 0 Å². The SMILES string of the molecule is O=S(=O)(c1ccc(Cl)cc1)[C@]12CCCO[C@H]1COc1c(F)ccc(F)c12. The molecule has 2 aromatic carbocycles. The molecule has 0 saturated carbocycles. The second-order valence-electron chi connectivity index (χ2n) is 6.35. The Labute approximate surface area is 154 Å². The zero-order valence-electron chi connectivity index (χ0n) is 13.5. The first-order valence-corrected chi connectivity index (χ1v) is 9.97. The van der Waals surface area contributed by atoms with E-state index in [1.807, 2.05) is 0 Å². The monoisotopic (exact) mass is 400 g/mol. The van der Waals surface area contributed by atoms with Crippen LogP contribution in [-0.4, -0.2) is 27.7 Å². The zero-order valence-corrected chi connectivity index (χ0v) is 15.1. The van der Waals surface area contributed by atoms with Crippen LogP contribution in [0.2, 0.25) is 5.02 Å². The second kappa shape index (κ2) is 6.18. The lowest BCUT2D eigenvalue weighted by Crippen LogP contribution is -2.56. The van der Waals surface area contributed by atoms with Gasteiger partial charge in [0.15, 0.2) is 21.4 Å². The lowest BCUT2D eigenvalue weighted by molar-refractivity contribution is -0.0534. The number of ether oxygens (including phenoxy) is 2. The smallest absolute Gasteiger partial charge is 0.191 e. The molecular formula is C18H15ClF2O4S. The first kappa shape index (κ1) is 17.7. The molecule has 0 unspecified atom stereocenters. The quantitative estimate of drug-likeness (QED) is 0.768. The summed E-state index contributed by atoms with van der Waals surface area (Å²) in [4.78, 5) is -0.0195. The lowest BCUT2D eigenvalue weighted by Gasteiger charge is -2.46. The van der Waals surface area contributed by atoms with Gasteiger partial charge in [0, 0.05) is 11.6 Å². The summed E-state index contributed by atoms with van der Waals surface area (Å²) < 4.78 is 65.5. The van der Waals surface area contributed by atoms with Gasteiger partial charge in [-0.3, -0.25) is 0 Å². The average molecular weight is 401 g/mol. The molecule has 0 aromatic heterocycles. The van der Waals surface area contributed by atoms with Crippen molar-refractivity contribution in [2.45, 2.75) is 28.6 Å². The van der Waals surface area contributed by atoms with Crippen molar-refractivity contribution in [3.05, 3.63) is 58.6 Å². The maximum absolute atomic E-state index is 14.8. The highest BCUT2D eigenvalue weighted by atomic mass is 35.5. The summed E-state index contributed by atoms with van der Waals surface area (Å²) in [6.07, 6.45) is -0.418. The fraction of sp³-hybridized carbons (Fsp3) is 0.333. The predicted octanol–water partition coefficient (Wildman–Crippen LogP) is 3.86. The molecule has 2 heterocycles. The van der Waals surface area contributed by atoms with E-state index in [9.17, 15) is 17.2 Å². The van der Waals surface area contributed by atoms with Crippen molar-refractivity contribution in [1.29, 1.82) is 0 Å². The van der Waals surface area contributed by atoms with E-state index in [4.69, 9.17) is 21.1 Å². The van der Waals surface area contributed by atoms with E-state index in [0.29, 0.717) is 18.1 Å². The van der Waals surface area contributed by atoms with Gasteiger partial charge >= 0.3 is 0 Å². The van der Waals surface area contributed by atoms with Gasteiger partial charge in [-0.1, -0.05) is 11.6 Å². The molecule has 8 heteroatoms. The van der Waals surface area contributed by atoms with Crippen LogP contribution >= 0.6 is 11.6 Å². The molecule has 0 N–H and O–H groups in total. The molecule has 2 aliphatic rings. The van der Waals surface area contributed by atoms with Crippen molar-refractivity contribution in [3.63, 3.8) is 0 Å². The van der Waals surface area contributed by atoms with E-state index >= 15 is 0 Å². The molecular weight excluding hydrogens is 386 g/mol. The molecule has 0 amide bonds. The Bertz CT molecular complexity index is 962. The summed E-state index contributed by atoms with van der Waals surface area (Å²) >= 11 is 5.86. The molecule has 0 aliphatic carbocycles. The highest BCUT2D eigenvalue weighted by molar-refractivity contribution is 7.92. The van der Waals surface area contributed by atoms with Crippen LogP contribution in [0.5, 0.6) is 5.75 Å². The summed E-state index contributed by atoms with van der Waals surface area (Å²) in [7, 11) is -4.12. The molecule has 4 rings (SSSR count). The predicted molar refractivity (Wildman–Crippen MR) is 91.1 cm³/mol. The Hall–Kier alpha value is -1.70. The average Bonchev–Trinajstić information content (AvgIpc) is 2.64. The van der Waals surface area contributed by atoms with E-state index in [0.717, 1.165) is 12.1 Å². The molecule has 2 atom stereocenters. The molecule has 0 spiro atoms. The topological polar surface area (TPSA) is 52.6 Å². The minimum absolute atomic E-state index is 0.0195. The van der Waals surface area contributed by atoms with E-state index in [1.54, 1.807) is 0 Å². The Balaban J connectivity index is 2.02. The standard InChI is InChI=1S/C18H15ClF2O4S/c19-11-2-4-12(5-3-11)26(22,23)18-8-1-9-24-15(18)10-25-17-14(21)7-6-13(20)16(17)18/h2-7,15H,1,8-10H2/t15-,18+/m0/s1. The maximum Gasteiger partial charge on any atom is 0.191 e. The molecule has 138 valence electrons. The van der Waals surface area contributed by atoms with Crippen LogP contribution in [0.3, 0.4) is 0 Å². The van der Waals surface area contributed by atoms with Crippen LogP contribution < -0.4 is 4.74 Å². The van der Waals surface area contributed by atoms with Gasteiger partial charge in [0.2, 0.25) is 0 Å². The van der Waals surface area contributed by atoms with Gasteiger partial charge in [0.25, 0.3) is 0 Å². The normalized spacial score (nSPS) is 25.1. The Morgan fingerprint density at radius 3 is 2.50 bits per heavy atom. The summed E-state index contributed by atoms with van der Waals surface area (Å²) in [6, 6.07) is 7.49. The van der Waals surface area contributed by atoms with Gasteiger partial charge < -0.3 is 9.47 Å². The summed E-state index contributed by atoms with van der Waals surface area (Å²) in [6.45, 7) is 0.165. The van der Waals surface area contributed by atoms with Crippen molar-refractivity contribution < 1.29 is 26.7 Å². The molecule has 2 aromatic rings. The Morgan fingerprint density at radius 2 is 1.77 bits per heavy atom. The molecule has 1 fully saturated rings. The van der Waals surface area contributed by atoms with Crippen LogP contribution in [0.4, 0.5) is 8.78 Å². The summed E-state index contributed by atoms with van der Waals surface area (Å²) in [5.41, 5.74) is -0.289. The number of benzene rings is 2. The first-order valence-electron chi connectivity index (χ1n) is 8.11. The van der Waals surface area contributed by atoms with E-state index in [-0.39, 0.29) is 29.2 Å². The summed E-state index contributed by atoms with van der Waals surface area (Å²) in [5.74, 6) is -1.98. The zero-order chi connectivity index (χ0) is 18.5. The van der Waals surface area contributed by atoms with E-state index in [1.165, 1.54) is 24.3 Å². The van der Waals surface area contributed by atoms with Gasteiger partial charge in [0.05, 0.1) is 10.5 Å². The largest absolute Gasteiger partial charge is 0.487 e. The third-order valence-corrected chi connectivity index (χ3v) is 7.77. The molecule has 1 saturated heterocycles. The van der Waals surface area contributed by atoms with E-state index in [2.05, 4.69) is 0 Å². The molecule has 0 bridgehead atoms. The number of hydrogen-bond donors (Lipinski definition) is 0. The number of sulfone groups is 1. The fourth-order valence-corrected chi connectivity index (χ4v) is 6.21. The van der Waals surface area contributed by atoms with E-state index < -0.39 is 32.3 Å². The Kier molecular flexibility index (Phi) is 4.21. The minimum atomic E-state index is -4.12. The van der Waals surface area contributed by atoms with Gasteiger partial charge in [-0.05, 0) is 49.2 Å². The number of rotatable bonds is 2. The molecule has 2 aliphatic heterocycles. The second-order valence-corrected chi connectivity index (χ2v) is 9.00. The number of fused-ring (bicyclic) bond motifs is 3. The van der Waals surface area contributed by atoms with Crippen molar-refractivity contribution >= 4 is 21.4 Å². The van der Waals surface area contributed by atoms with Gasteiger partial charge in [-0.2, -0.15) is 0 Å².